The van der Waals surface area contributed by atoms with E-state index < -0.39 is 0 Å². The van der Waals surface area contributed by atoms with Gasteiger partial charge in [-0.05, 0) is 33.1 Å². The Morgan fingerprint density at radius 1 is 1.32 bits per heavy atom. The Balaban J connectivity index is 1.62. The van der Waals surface area contributed by atoms with Gasteiger partial charge in [0.05, 0.1) is 18.6 Å². The highest BCUT2D eigenvalue weighted by atomic mass is 16.5. The molecular weight excluding hydrogens is 320 g/mol. The molecule has 0 radical (unpaired) electrons. The molecule has 0 bridgehead atoms. The van der Waals surface area contributed by atoms with E-state index in [0.29, 0.717) is 25.0 Å². The van der Waals surface area contributed by atoms with E-state index >= 15 is 0 Å². The second-order valence-corrected chi connectivity index (χ2v) is 6.62. The van der Waals surface area contributed by atoms with Crippen molar-refractivity contribution in [2.24, 2.45) is 5.92 Å². The van der Waals surface area contributed by atoms with Gasteiger partial charge in [0.2, 0.25) is 17.7 Å². The number of amides is 1. The Bertz CT molecular complexity index is 583. The van der Waals surface area contributed by atoms with Crippen LogP contribution in [0, 0.1) is 5.92 Å². The predicted octanol–water partition coefficient (Wildman–Crippen LogP) is 1.73. The van der Waals surface area contributed by atoms with Crippen molar-refractivity contribution in [3.63, 3.8) is 0 Å². The van der Waals surface area contributed by atoms with E-state index in [0.717, 1.165) is 45.5 Å². The molecule has 7 heteroatoms. The van der Waals surface area contributed by atoms with Crippen molar-refractivity contribution in [3.05, 3.63) is 12.3 Å². The molecule has 0 aliphatic carbocycles. The predicted molar refractivity (Wildman–Crippen MR) is 94.7 cm³/mol. The minimum atomic E-state index is -0.00201. The lowest BCUT2D eigenvalue weighted by molar-refractivity contribution is -0.143. The number of aromatic nitrogens is 2. The number of ether oxygens (including phenoxy) is 2. The molecule has 138 valence electrons. The van der Waals surface area contributed by atoms with E-state index in [1.165, 1.54) is 0 Å². The van der Waals surface area contributed by atoms with Crippen molar-refractivity contribution in [1.29, 1.82) is 0 Å². The summed E-state index contributed by atoms with van der Waals surface area (Å²) in [6.45, 7) is 8.37. The molecule has 0 N–H and O–H groups in total. The summed E-state index contributed by atoms with van der Waals surface area (Å²) in [5.74, 6) is 1.50. The largest absolute Gasteiger partial charge is 0.478 e. The third-order valence-electron chi connectivity index (χ3n) is 4.92. The standard InChI is InChI=1S/C18H28N4O3/c1-3-24-16-7-8-19-18(20-16)22-10-5-9-21(11-12-22)17(23)15-6-4-13-25-14(15)2/h7-8,14-15H,3-6,9-13H2,1-2H3/t14-,15-/m1/s1. The average Bonchev–Trinajstić information content (AvgIpc) is 2.88. The molecule has 7 nitrogen and oxygen atoms in total. The molecule has 2 saturated heterocycles. The van der Waals surface area contributed by atoms with Crippen molar-refractivity contribution in [2.45, 2.75) is 39.2 Å². The van der Waals surface area contributed by atoms with Gasteiger partial charge in [-0.15, -0.1) is 0 Å². The van der Waals surface area contributed by atoms with Gasteiger partial charge in [-0.3, -0.25) is 4.79 Å². The summed E-state index contributed by atoms with van der Waals surface area (Å²) >= 11 is 0. The number of anilines is 1. The molecule has 0 spiro atoms. The van der Waals surface area contributed by atoms with Crippen molar-refractivity contribution in [1.82, 2.24) is 14.9 Å². The Labute approximate surface area is 149 Å². The number of rotatable bonds is 4. The SMILES string of the molecule is CCOc1ccnc(N2CCCN(C(=O)[C@@H]3CCCO[C@@H]3C)CC2)n1. The van der Waals surface area contributed by atoms with Crippen LogP contribution in [0.5, 0.6) is 5.88 Å². The highest BCUT2D eigenvalue weighted by Gasteiger charge is 2.32. The summed E-state index contributed by atoms with van der Waals surface area (Å²) in [5.41, 5.74) is 0. The Morgan fingerprint density at radius 2 is 2.20 bits per heavy atom. The first-order valence-electron chi connectivity index (χ1n) is 9.30. The van der Waals surface area contributed by atoms with E-state index in [9.17, 15) is 4.79 Å². The van der Waals surface area contributed by atoms with Crippen molar-refractivity contribution >= 4 is 11.9 Å². The molecular formula is C18H28N4O3. The third-order valence-corrected chi connectivity index (χ3v) is 4.92. The van der Waals surface area contributed by atoms with Gasteiger partial charge >= 0.3 is 0 Å². The fraction of sp³-hybridized carbons (Fsp3) is 0.722. The third kappa shape index (κ3) is 4.39. The Kier molecular flexibility index (Phi) is 6.07. The molecule has 1 amide bonds. The van der Waals surface area contributed by atoms with Crippen LogP contribution in [0.25, 0.3) is 0 Å². The molecule has 2 aliphatic rings. The van der Waals surface area contributed by atoms with E-state index in [-0.39, 0.29) is 17.9 Å². The first-order valence-corrected chi connectivity index (χ1v) is 9.30. The second kappa shape index (κ2) is 8.47. The van der Waals surface area contributed by atoms with Gasteiger partial charge in [0.1, 0.15) is 0 Å². The number of nitrogens with zero attached hydrogens (tertiary/aromatic N) is 4. The zero-order valence-corrected chi connectivity index (χ0v) is 15.2. The summed E-state index contributed by atoms with van der Waals surface area (Å²) in [5, 5.41) is 0. The molecule has 0 saturated carbocycles. The highest BCUT2D eigenvalue weighted by molar-refractivity contribution is 5.79. The number of carbonyl (C=O) groups excluding carboxylic acids is 1. The van der Waals surface area contributed by atoms with Gasteiger partial charge in [-0.2, -0.15) is 4.98 Å². The van der Waals surface area contributed by atoms with Gasteiger partial charge in [-0.1, -0.05) is 0 Å². The maximum atomic E-state index is 12.9. The smallest absolute Gasteiger partial charge is 0.228 e. The summed E-state index contributed by atoms with van der Waals surface area (Å²) in [6, 6.07) is 1.77. The van der Waals surface area contributed by atoms with E-state index in [1.807, 2.05) is 18.7 Å². The fourth-order valence-electron chi connectivity index (χ4n) is 3.53. The fourth-order valence-corrected chi connectivity index (χ4v) is 3.53. The van der Waals surface area contributed by atoms with E-state index in [4.69, 9.17) is 9.47 Å². The maximum absolute atomic E-state index is 12.9. The van der Waals surface area contributed by atoms with E-state index in [1.54, 1.807) is 12.3 Å². The van der Waals surface area contributed by atoms with Crippen molar-refractivity contribution in [2.75, 3.05) is 44.3 Å². The molecule has 3 heterocycles. The zero-order valence-electron chi connectivity index (χ0n) is 15.2. The molecule has 25 heavy (non-hydrogen) atoms. The minimum Gasteiger partial charge on any atom is -0.478 e. The molecule has 0 aromatic carbocycles. The molecule has 3 rings (SSSR count). The van der Waals surface area contributed by atoms with Crippen LogP contribution in [-0.4, -0.2) is 66.3 Å². The lowest BCUT2D eigenvalue weighted by atomic mass is 9.94. The lowest BCUT2D eigenvalue weighted by Gasteiger charge is -2.32. The summed E-state index contributed by atoms with van der Waals surface area (Å²) < 4.78 is 11.1. The number of hydrogen-bond donors (Lipinski definition) is 0. The van der Waals surface area contributed by atoms with Crippen LogP contribution in [-0.2, 0) is 9.53 Å². The van der Waals surface area contributed by atoms with Crippen molar-refractivity contribution in [3.8, 4) is 5.88 Å². The molecule has 2 fully saturated rings. The maximum Gasteiger partial charge on any atom is 0.228 e. The first-order chi connectivity index (χ1) is 12.2. The van der Waals surface area contributed by atoms with Gasteiger partial charge in [0, 0.05) is 45.0 Å². The average molecular weight is 348 g/mol. The highest BCUT2D eigenvalue weighted by Crippen LogP contribution is 2.24. The Hall–Kier alpha value is -1.89. The molecule has 1 aromatic heterocycles. The first kappa shape index (κ1) is 17.9. The number of hydrogen-bond acceptors (Lipinski definition) is 6. The molecule has 2 aliphatic heterocycles. The van der Waals surface area contributed by atoms with Crippen molar-refractivity contribution < 1.29 is 14.3 Å². The van der Waals surface area contributed by atoms with Crippen LogP contribution in [0.1, 0.15) is 33.1 Å². The van der Waals surface area contributed by atoms with Gasteiger partial charge in [0.25, 0.3) is 0 Å². The Morgan fingerprint density at radius 3 is 3.00 bits per heavy atom. The van der Waals surface area contributed by atoms with Crippen LogP contribution in [0.15, 0.2) is 12.3 Å². The molecule has 1 aromatic rings. The topological polar surface area (TPSA) is 67.8 Å². The number of carbonyl (C=O) groups is 1. The van der Waals surface area contributed by atoms with E-state index in [2.05, 4.69) is 14.9 Å². The lowest BCUT2D eigenvalue weighted by Crippen LogP contribution is -2.44. The van der Waals surface area contributed by atoms with Gasteiger partial charge in [0.15, 0.2) is 0 Å². The van der Waals surface area contributed by atoms with Crippen LogP contribution in [0.3, 0.4) is 0 Å². The summed E-state index contributed by atoms with van der Waals surface area (Å²) in [4.78, 5) is 25.8. The van der Waals surface area contributed by atoms with Crippen LogP contribution in [0.2, 0.25) is 0 Å². The van der Waals surface area contributed by atoms with Crippen LogP contribution < -0.4 is 9.64 Å². The van der Waals surface area contributed by atoms with Crippen LogP contribution >= 0.6 is 0 Å². The quantitative estimate of drug-likeness (QED) is 0.825. The summed E-state index contributed by atoms with van der Waals surface area (Å²) in [6.07, 6.45) is 4.56. The normalized spacial score (nSPS) is 24.7. The zero-order chi connectivity index (χ0) is 17.6. The van der Waals surface area contributed by atoms with Gasteiger partial charge < -0.3 is 19.3 Å². The monoisotopic (exact) mass is 348 g/mol. The second-order valence-electron chi connectivity index (χ2n) is 6.62. The van der Waals surface area contributed by atoms with Gasteiger partial charge in [-0.25, -0.2) is 4.98 Å². The van der Waals surface area contributed by atoms with Crippen LogP contribution in [0.4, 0.5) is 5.95 Å². The summed E-state index contributed by atoms with van der Waals surface area (Å²) in [7, 11) is 0. The molecule has 0 unspecified atom stereocenters. The molecule has 2 atom stereocenters. The minimum absolute atomic E-state index is 0.00201.